The molecule has 1 unspecified atom stereocenters. The topological polar surface area (TPSA) is 13.1 Å². The molecule has 0 spiro atoms. The molecule has 0 aliphatic heterocycles. The molecule has 0 amide bonds. The third-order valence-electron chi connectivity index (χ3n) is 2.56. The lowest BCUT2D eigenvalue weighted by atomic mass is 9.96. The Morgan fingerprint density at radius 1 is 1.19 bits per heavy atom. The first kappa shape index (κ1) is 11.7. The lowest BCUT2D eigenvalue weighted by Crippen LogP contribution is -2.04. The highest BCUT2D eigenvalue weighted by Gasteiger charge is 2.15. The van der Waals surface area contributed by atoms with Gasteiger partial charge in [0.2, 0.25) is 0 Å². The smallest absolute Gasteiger partial charge is 0.104 e. The van der Waals surface area contributed by atoms with Gasteiger partial charge in [0.05, 0.1) is 6.26 Å². The predicted octanol–water partition coefficient (Wildman–Crippen LogP) is 4.61. The molecule has 3 heteroatoms. The maximum absolute atomic E-state index is 6.03. The van der Waals surface area contributed by atoms with E-state index in [1.807, 2.05) is 30.3 Å². The van der Waals surface area contributed by atoms with E-state index >= 15 is 0 Å². The van der Waals surface area contributed by atoms with Gasteiger partial charge < -0.3 is 4.42 Å². The molecule has 1 aromatic heterocycles. The second-order valence-corrected chi connectivity index (χ2v) is 4.82. The Morgan fingerprint density at radius 3 is 2.62 bits per heavy atom. The molecule has 1 heterocycles. The average Bonchev–Trinajstić information content (AvgIpc) is 2.80. The van der Waals surface area contributed by atoms with Crippen LogP contribution in [0.1, 0.15) is 17.2 Å². The van der Waals surface area contributed by atoms with E-state index in [4.69, 9.17) is 16.0 Å². The van der Waals surface area contributed by atoms with E-state index in [-0.39, 0.29) is 5.92 Å². The summed E-state index contributed by atoms with van der Waals surface area (Å²) in [5.41, 5.74) is 1.23. The number of hydrogen-bond acceptors (Lipinski definition) is 1. The van der Waals surface area contributed by atoms with Gasteiger partial charge in [0.15, 0.2) is 0 Å². The monoisotopic (exact) mass is 298 g/mol. The van der Waals surface area contributed by atoms with Crippen LogP contribution in [0.5, 0.6) is 0 Å². The van der Waals surface area contributed by atoms with Crippen molar-refractivity contribution >= 4 is 27.5 Å². The van der Waals surface area contributed by atoms with Gasteiger partial charge in [0, 0.05) is 22.7 Å². The van der Waals surface area contributed by atoms with Crippen LogP contribution in [-0.4, -0.2) is 5.88 Å². The first-order valence-corrected chi connectivity index (χ1v) is 6.47. The predicted molar refractivity (Wildman–Crippen MR) is 70.0 cm³/mol. The van der Waals surface area contributed by atoms with Crippen LogP contribution in [-0.2, 0) is 6.42 Å². The molecule has 0 fully saturated rings. The maximum Gasteiger partial charge on any atom is 0.104 e. The summed E-state index contributed by atoms with van der Waals surface area (Å²) in [6, 6.07) is 12.1. The van der Waals surface area contributed by atoms with Gasteiger partial charge in [-0.1, -0.05) is 34.1 Å². The Morgan fingerprint density at radius 2 is 2.00 bits per heavy atom. The minimum Gasteiger partial charge on any atom is -0.469 e. The molecule has 0 N–H and O–H groups in total. The van der Waals surface area contributed by atoms with Gasteiger partial charge >= 0.3 is 0 Å². The van der Waals surface area contributed by atoms with Crippen LogP contribution in [0.25, 0.3) is 0 Å². The van der Waals surface area contributed by atoms with Crippen molar-refractivity contribution in [3.05, 3.63) is 58.5 Å². The van der Waals surface area contributed by atoms with Gasteiger partial charge in [-0.05, 0) is 23.8 Å². The molecule has 0 aliphatic rings. The molecule has 2 rings (SSSR count). The van der Waals surface area contributed by atoms with Crippen molar-refractivity contribution in [2.75, 3.05) is 5.88 Å². The van der Waals surface area contributed by atoms with Gasteiger partial charge in [-0.3, -0.25) is 0 Å². The van der Waals surface area contributed by atoms with E-state index in [1.54, 1.807) is 6.26 Å². The van der Waals surface area contributed by atoms with Crippen LogP contribution in [0.15, 0.2) is 51.6 Å². The highest BCUT2D eigenvalue weighted by Crippen LogP contribution is 2.28. The summed E-state index contributed by atoms with van der Waals surface area (Å²) in [4.78, 5) is 0. The van der Waals surface area contributed by atoms with Gasteiger partial charge in [-0.25, -0.2) is 0 Å². The zero-order chi connectivity index (χ0) is 11.4. The first-order valence-electron chi connectivity index (χ1n) is 5.14. The van der Waals surface area contributed by atoms with Crippen LogP contribution >= 0.6 is 27.5 Å². The summed E-state index contributed by atoms with van der Waals surface area (Å²) in [6.07, 6.45) is 2.53. The summed E-state index contributed by atoms with van der Waals surface area (Å²) in [5.74, 6) is 1.84. The van der Waals surface area contributed by atoms with Crippen molar-refractivity contribution in [2.24, 2.45) is 0 Å². The molecule has 84 valence electrons. The Bertz CT molecular complexity index is 439. The minimum atomic E-state index is 0.281. The lowest BCUT2D eigenvalue weighted by Gasteiger charge is -2.14. The molecular formula is C13H12BrClO. The van der Waals surface area contributed by atoms with Crippen LogP contribution in [0, 0.1) is 0 Å². The van der Waals surface area contributed by atoms with E-state index in [0.29, 0.717) is 5.88 Å². The standard InChI is InChI=1S/C13H12BrClO/c14-13-6-2-1-5-12(13)10(9-15)8-11-4-3-7-16-11/h1-7,10H,8-9H2. The molecule has 0 aliphatic carbocycles. The van der Waals surface area contributed by atoms with E-state index in [2.05, 4.69) is 22.0 Å². The van der Waals surface area contributed by atoms with E-state index in [1.165, 1.54) is 5.56 Å². The molecule has 0 radical (unpaired) electrons. The number of rotatable bonds is 4. The number of benzene rings is 1. The number of halogens is 2. The molecule has 1 aromatic carbocycles. The van der Waals surface area contributed by atoms with Crippen LogP contribution < -0.4 is 0 Å². The van der Waals surface area contributed by atoms with Crippen molar-refractivity contribution < 1.29 is 4.42 Å². The Labute approximate surface area is 109 Å². The second kappa shape index (κ2) is 5.55. The van der Waals surface area contributed by atoms with Crippen molar-refractivity contribution in [1.29, 1.82) is 0 Å². The highest BCUT2D eigenvalue weighted by molar-refractivity contribution is 9.10. The van der Waals surface area contributed by atoms with Crippen molar-refractivity contribution in [3.63, 3.8) is 0 Å². The largest absolute Gasteiger partial charge is 0.469 e. The van der Waals surface area contributed by atoms with Crippen LogP contribution in [0.3, 0.4) is 0 Å². The van der Waals surface area contributed by atoms with E-state index in [0.717, 1.165) is 16.7 Å². The first-order chi connectivity index (χ1) is 7.81. The third kappa shape index (κ3) is 2.69. The van der Waals surface area contributed by atoms with E-state index in [9.17, 15) is 0 Å². The van der Waals surface area contributed by atoms with Crippen molar-refractivity contribution in [1.82, 2.24) is 0 Å². The fourth-order valence-electron chi connectivity index (χ4n) is 1.73. The number of alkyl halides is 1. The SMILES string of the molecule is ClCC(Cc1ccco1)c1ccccc1Br. The molecular weight excluding hydrogens is 287 g/mol. The molecule has 16 heavy (non-hydrogen) atoms. The van der Waals surface area contributed by atoms with Gasteiger partial charge in [-0.15, -0.1) is 11.6 Å². The van der Waals surface area contributed by atoms with Crippen molar-refractivity contribution in [2.45, 2.75) is 12.3 Å². The fraction of sp³-hybridized carbons (Fsp3) is 0.231. The van der Waals surface area contributed by atoms with E-state index < -0.39 is 0 Å². The molecule has 2 aromatic rings. The molecule has 1 nitrogen and oxygen atoms in total. The number of furan rings is 1. The van der Waals surface area contributed by atoms with Gasteiger partial charge in [-0.2, -0.15) is 0 Å². The maximum atomic E-state index is 6.03. The van der Waals surface area contributed by atoms with Crippen LogP contribution in [0.2, 0.25) is 0 Å². The average molecular weight is 300 g/mol. The second-order valence-electron chi connectivity index (χ2n) is 3.66. The summed E-state index contributed by atoms with van der Waals surface area (Å²) in [6.45, 7) is 0. The zero-order valence-corrected chi connectivity index (χ0v) is 11.0. The van der Waals surface area contributed by atoms with Crippen molar-refractivity contribution in [3.8, 4) is 0 Å². The molecule has 0 bridgehead atoms. The summed E-state index contributed by atoms with van der Waals surface area (Å²) < 4.78 is 6.46. The summed E-state index contributed by atoms with van der Waals surface area (Å²) in [7, 11) is 0. The fourth-order valence-corrected chi connectivity index (χ4v) is 2.61. The normalized spacial score (nSPS) is 12.6. The summed E-state index contributed by atoms with van der Waals surface area (Å²) in [5, 5.41) is 0. The minimum absolute atomic E-state index is 0.281. The number of hydrogen-bond donors (Lipinski definition) is 0. The molecule has 0 saturated carbocycles. The quantitative estimate of drug-likeness (QED) is 0.752. The molecule has 1 atom stereocenters. The summed E-state index contributed by atoms with van der Waals surface area (Å²) >= 11 is 9.58. The Hall–Kier alpha value is -0.730. The Kier molecular flexibility index (Phi) is 4.08. The third-order valence-corrected chi connectivity index (χ3v) is 3.65. The lowest BCUT2D eigenvalue weighted by molar-refractivity contribution is 0.493. The van der Waals surface area contributed by atoms with Gasteiger partial charge in [0.25, 0.3) is 0 Å². The van der Waals surface area contributed by atoms with Crippen LogP contribution in [0.4, 0.5) is 0 Å². The highest BCUT2D eigenvalue weighted by atomic mass is 79.9. The molecule has 0 saturated heterocycles. The van der Waals surface area contributed by atoms with Gasteiger partial charge in [0.1, 0.15) is 5.76 Å². The Balaban J connectivity index is 2.20. The zero-order valence-electron chi connectivity index (χ0n) is 8.70.